The molecule has 114 valence electrons. The van der Waals surface area contributed by atoms with E-state index in [1.165, 1.54) is 5.56 Å². The molecule has 0 aliphatic heterocycles. The molecule has 0 saturated carbocycles. The van der Waals surface area contributed by atoms with Gasteiger partial charge in [-0.25, -0.2) is 0 Å². The van der Waals surface area contributed by atoms with Gasteiger partial charge in [0.2, 0.25) is 0 Å². The third-order valence-corrected chi connectivity index (χ3v) is 4.31. The summed E-state index contributed by atoms with van der Waals surface area (Å²) in [5, 5.41) is 3.71. The molecule has 0 fully saturated rings. The number of hydrogen-bond acceptors (Lipinski definition) is 3. The van der Waals surface area contributed by atoms with Gasteiger partial charge in [0.05, 0.1) is 7.11 Å². The number of alkyl halides is 1. The molecule has 4 heteroatoms. The zero-order valence-electron chi connectivity index (χ0n) is 13.2. The molecule has 1 aromatic rings. The van der Waals surface area contributed by atoms with Gasteiger partial charge in [0, 0.05) is 16.9 Å². The zero-order chi connectivity index (χ0) is 15.1. The van der Waals surface area contributed by atoms with Gasteiger partial charge in [-0.2, -0.15) is 0 Å². The summed E-state index contributed by atoms with van der Waals surface area (Å²) in [5.74, 6) is 0.915. The Bertz CT molecular complexity index is 396. The molecule has 1 aromatic carbocycles. The molecule has 2 unspecified atom stereocenters. The first-order valence-electron chi connectivity index (χ1n) is 7.12. The lowest BCUT2D eigenvalue weighted by atomic mass is 10.0. The van der Waals surface area contributed by atoms with Crippen molar-refractivity contribution in [1.82, 2.24) is 10.2 Å². The topological polar surface area (TPSA) is 24.5 Å². The molecule has 0 bridgehead atoms. The van der Waals surface area contributed by atoms with E-state index in [2.05, 4.69) is 72.3 Å². The maximum atomic E-state index is 5.34. The SMILES string of the molecule is COc1cccc(C(CCN(C)C)N[C@H](C)C(C)Br)c1. The first-order valence-corrected chi connectivity index (χ1v) is 8.04. The van der Waals surface area contributed by atoms with Crippen LogP contribution >= 0.6 is 15.9 Å². The number of hydrogen-bond donors (Lipinski definition) is 1. The van der Waals surface area contributed by atoms with Gasteiger partial charge < -0.3 is 15.0 Å². The van der Waals surface area contributed by atoms with E-state index in [-0.39, 0.29) is 0 Å². The van der Waals surface area contributed by atoms with Crippen molar-refractivity contribution >= 4 is 15.9 Å². The molecule has 1 N–H and O–H groups in total. The van der Waals surface area contributed by atoms with Crippen molar-refractivity contribution in [2.75, 3.05) is 27.7 Å². The average molecular weight is 343 g/mol. The Balaban J connectivity index is 2.84. The fraction of sp³-hybridized carbons (Fsp3) is 0.625. The number of nitrogens with zero attached hydrogens (tertiary/aromatic N) is 1. The van der Waals surface area contributed by atoms with E-state index in [1.807, 2.05) is 6.07 Å². The quantitative estimate of drug-likeness (QED) is 0.732. The van der Waals surface area contributed by atoms with Crippen LogP contribution in [0, 0.1) is 0 Å². The number of benzene rings is 1. The van der Waals surface area contributed by atoms with E-state index >= 15 is 0 Å². The molecule has 20 heavy (non-hydrogen) atoms. The first-order chi connectivity index (χ1) is 9.43. The smallest absolute Gasteiger partial charge is 0.119 e. The molecule has 0 aromatic heterocycles. The third kappa shape index (κ3) is 5.81. The molecule has 3 nitrogen and oxygen atoms in total. The van der Waals surface area contributed by atoms with Gasteiger partial charge in [-0.05, 0) is 51.7 Å². The Hall–Kier alpha value is -0.580. The lowest BCUT2D eigenvalue weighted by Crippen LogP contribution is -2.37. The van der Waals surface area contributed by atoms with Crippen LogP contribution in [0.1, 0.15) is 31.9 Å². The molecule has 1 rings (SSSR count). The summed E-state index contributed by atoms with van der Waals surface area (Å²) in [6, 6.07) is 9.08. The van der Waals surface area contributed by atoms with Crippen LogP contribution in [0.3, 0.4) is 0 Å². The summed E-state index contributed by atoms with van der Waals surface area (Å²) in [6.45, 7) is 5.44. The standard InChI is InChI=1S/C16H27BrN2O/c1-12(17)13(2)18-16(9-10-19(3)4)14-7-6-8-15(11-14)20-5/h6-8,11-13,16,18H,9-10H2,1-5H3/t12?,13-,16?/m1/s1. The molecule has 0 aliphatic carbocycles. The van der Waals surface area contributed by atoms with Crippen molar-refractivity contribution in [1.29, 1.82) is 0 Å². The minimum Gasteiger partial charge on any atom is -0.497 e. The Morgan fingerprint density at radius 3 is 2.55 bits per heavy atom. The summed E-state index contributed by atoms with van der Waals surface area (Å²) in [4.78, 5) is 2.66. The predicted molar refractivity (Wildman–Crippen MR) is 89.9 cm³/mol. The van der Waals surface area contributed by atoms with Crippen LogP contribution < -0.4 is 10.1 Å². The van der Waals surface area contributed by atoms with E-state index in [1.54, 1.807) is 7.11 Å². The van der Waals surface area contributed by atoms with Crippen molar-refractivity contribution < 1.29 is 4.74 Å². The van der Waals surface area contributed by atoms with E-state index in [0.29, 0.717) is 16.9 Å². The van der Waals surface area contributed by atoms with E-state index in [9.17, 15) is 0 Å². The lowest BCUT2D eigenvalue weighted by molar-refractivity contribution is 0.345. The molecule has 0 saturated heterocycles. The summed E-state index contributed by atoms with van der Waals surface area (Å²) in [6.07, 6.45) is 1.07. The van der Waals surface area contributed by atoms with Crippen molar-refractivity contribution in [3.05, 3.63) is 29.8 Å². The highest BCUT2D eigenvalue weighted by molar-refractivity contribution is 9.09. The number of nitrogens with one attached hydrogen (secondary N) is 1. The fourth-order valence-corrected chi connectivity index (χ4v) is 2.19. The number of rotatable bonds is 8. The maximum Gasteiger partial charge on any atom is 0.119 e. The van der Waals surface area contributed by atoms with Crippen LogP contribution in [-0.4, -0.2) is 43.5 Å². The second kappa shape index (κ2) is 8.65. The number of ether oxygens (including phenoxy) is 1. The molecule has 0 spiro atoms. The predicted octanol–water partition coefficient (Wildman–Crippen LogP) is 3.45. The van der Waals surface area contributed by atoms with Gasteiger partial charge in [0.25, 0.3) is 0 Å². The molecule has 0 amide bonds. The lowest BCUT2D eigenvalue weighted by Gasteiger charge is -2.26. The molecule has 3 atom stereocenters. The number of methoxy groups -OCH3 is 1. The third-order valence-electron chi connectivity index (χ3n) is 3.51. The Morgan fingerprint density at radius 1 is 1.30 bits per heavy atom. The highest BCUT2D eigenvalue weighted by Crippen LogP contribution is 2.23. The van der Waals surface area contributed by atoms with Crippen LogP contribution in [-0.2, 0) is 0 Å². The Kier molecular flexibility index (Phi) is 7.56. The Labute approximate surface area is 131 Å². The molecular formula is C16H27BrN2O. The normalized spacial score (nSPS) is 15.9. The Morgan fingerprint density at radius 2 is 2.00 bits per heavy atom. The van der Waals surface area contributed by atoms with Gasteiger partial charge in [0.1, 0.15) is 5.75 Å². The van der Waals surface area contributed by atoms with E-state index in [0.717, 1.165) is 18.7 Å². The summed E-state index contributed by atoms with van der Waals surface area (Å²) >= 11 is 3.65. The van der Waals surface area contributed by atoms with Gasteiger partial charge in [-0.3, -0.25) is 0 Å². The highest BCUT2D eigenvalue weighted by Gasteiger charge is 2.17. The van der Waals surface area contributed by atoms with Crippen LogP contribution in [0.5, 0.6) is 5.75 Å². The van der Waals surface area contributed by atoms with Crippen molar-refractivity contribution in [3.8, 4) is 5.75 Å². The summed E-state index contributed by atoms with van der Waals surface area (Å²) < 4.78 is 5.34. The number of halogens is 1. The average Bonchev–Trinajstić information content (AvgIpc) is 2.42. The maximum absolute atomic E-state index is 5.34. The largest absolute Gasteiger partial charge is 0.497 e. The molecule has 0 heterocycles. The van der Waals surface area contributed by atoms with Crippen molar-refractivity contribution in [2.45, 2.75) is 37.2 Å². The van der Waals surface area contributed by atoms with Crippen LogP contribution in [0.15, 0.2) is 24.3 Å². The molecule has 0 aliphatic rings. The minimum absolute atomic E-state index is 0.336. The van der Waals surface area contributed by atoms with Crippen LogP contribution in [0.2, 0.25) is 0 Å². The summed E-state index contributed by atoms with van der Waals surface area (Å²) in [7, 11) is 5.93. The van der Waals surface area contributed by atoms with E-state index < -0.39 is 0 Å². The highest BCUT2D eigenvalue weighted by atomic mass is 79.9. The van der Waals surface area contributed by atoms with E-state index in [4.69, 9.17) is 4.74 Å². The molecular weight excluding hydrogens is 316 g/mol. The molecule has 0 radical (unpaired) electrons. The van der Waals surface area contributed by atoms with Crippen molar-refractivity contribution in [3.63, 3.8) is 0 Å². The van der Waals surface area contributed by atoms with Gasteiger partial charge >= 0.3 is 0 Å². The van der Waals surface area contributed by atoms with Crippen LogP contribution in [0.25, 0.3) is 0 Å². The van der Waals surface area contributed by atoms with Gasteiger partial charge in [0.15, 0.2) is 0 Å². The second-order valence-corrected chi connectivity index (χ2v) is 7.00. The monoisotopic (exact) mass is 342 g/mol. The minimum atomic E-state index is 0.336. The first kappa shape index (κ1) is 17.5. The fourth-order valence-electron chi connectivity index (χ4n) is 2.04. The zero-order valence-corrected chi connectivity index (χ0v) is 14.8. The van der Waals surface area contributed by atoms with Gasteiger partial charge in [-0.15, -0.1) is 0 Å². The van der Waals surface area contributed by atoms with Gasteiger partial charge in [-0.1, -0.05) is 35.0 Å². The summed E-state index contributed by atoms with van der Waals surface area (Å²) in [5.41, 5.74) is 1.28. The van der Waals surface area contributed by atoms with Crippen molar-refractivity contribution in [2.24, 2.45) is 0 Å². The van der Waals surface area contributed by atoms with Crippen LogP contribution in [0.4, 0.5) is 0 Å². The second-order valence-electron chi connectivity index (χ2n) is 5.55.